The molecule has 0 N–H and O–H groups in total. The van der Waals surface area contributed by atoms with Gasteiger partial charge in [-0.05, 0) is 268 Å². The Kier molecular flexibility index (Phi) is 20.3. The number of pyridine rings is 8. The highest BCUT2D eigenvalue weighted by Gasteiger charge is 2.26. The van der Waals surface area contributed by atoms with E-state index < -0.39 is 0 Å². The Labute approximate surface area is 787 Å². The minimum Gasteiger partial charge on any atom is -0.455 e. The van der Waals surface area contributed by atoms with Gasteiger partial charge in [-0.1, -0.05) is 273 Å². The smallest absolute Gasteiger partial charge is 0.149 e. The first-order valence-electron chi connectivity index (χ1n) is 45.9. The number of hydrogen-bond donors (Lipinski definition) is 0. The zero-order valence-corrected chi connectivity index (χ0v) is 74.0. The lowest BCUT2D eigenvalue weighted by Gasteiger charge is -2.15. The highest BCUT2D eigenvalue weighted by molar-refractivity contribution is 6.26. The molecule has 0 amide bonds. The van der Waals surface area contributed by atoms with Gasteiger partial charge in [0.05, 0.1) is 50.4 Å². The van der Waals surface area contributed by atoms with Crippen LogP contribution in [0.2, 0.25) is 0 Å². The Morgan fingerprint density at radius 3 is 0.978 bits per heavy atom. The lowest BCUT2D eigenvalue weighted by atomic mass is 9.89. The number of hydrogen-bond acceptors (Lipinski definition) is 9. The quantitative estimate of drug-likeness (QED) is 0.0976. The Balaban J connectivity index is 0.000000109. The van der Waals surface area contributed by atoms with Crippen LogP contribution in [0.15, 0.2) is 491 Å². The van der Waals surface area contributed by atoms with E-state index in [2.05, 4.69) is 378 Å². The topological polar surface area (TPSA) is 134 Å². The van der Waals surface area contributed by atoms with Crippen molar-refractivity contribution in [2.75, 3.05) is 0 Å². The molecule has 0 bridgehead atoms. The van der Waals surface area contributed by atoms with Crippen LogP contribution in [0.25, 0.3) is 245 Å². The molecule has 0 aliphatic heterocycles. The second kappa shape index (κ2) is 34.5. The maximum absolute atomic E-state index is 6.61. The molecule has 137 heavy (non-hydrogen) atoms. The second-order valence-corrected chi connectivity index (χ2v) is 34.2. The van der Waals surface area contributed by atoms with Crippen LogP contribution >= 0.6 is 0 Å². The number of rotatable bonds is 14. The van der Waals surface area contributed by atoms with Crippen LogP contribution < -0.4 is 0 Å². The van der Waals surface area contributed by atoms with Crippen LogP contribution in [0.3, 0.4) is 0 Å². The molecule has 13 nitrogen and oxygen atoms in total. The summed E-state index contributed by atoms with van der Waals surface area (Å²) >= 11 is 0. The average Bonchev–Trinajstić information content (AvgIpc) is 1.73. The van der Waals surface area contributed by atoms with Crippen molar-refractivity contribution in [1.29, 1.82) is 0 Å². The van der Waals surface area contributed by atoms with E-state index in [1.165, 1.54) is 82.0 Å². The van der Waals surface area contributed by atoms with Gasteiger partial charge in [-0.2, -0.15) is 0 Å². The Morgan fingerprint density at radius 1 is 0.182 bits per heavy atom. The van der Waals surface area contributed by atoms with Crippen LogP contribution in [0.4, 0.5) is 0 Å². The minimum absolute atomic E-state index is 0.810. The summed E-state index contributed by atoms with van der Waals surface area (Å²) in [5.41, 5.74) is 30.5. The number of aromatic nitrogens is 12. The lowest BCUT2D eigenvalue weighted by molar-refractivity contribution is 0.669. The highest BCUT2D eigenvalue weighted by atomic mass is 16.3. The third kappa shape index (κ3) is 14.7. The fourth-order valence-corrected chi connectivity index (χ4v) is 19.6. The van der Waals surface area contributed by atoms with Gasteiger partial charge in [-0.15, -0.1) is 0 Å². The highest BCUT2D eigenvalue weighted by Crippen LogP contribution is 2.47. The van der Waals surface area contributed by atoms with Crippen LogP contribution in [-0.4, -0.2) is 57.5 Å². The molecule has 13 aromatic heterocycles. The number of nitrogens with zero attached hydrogens (tertiary/aromatic N) is 12. The van der Waals surface area contributed by atoms with Crippen LogP contribution in [0.5, 0.6) is 0 Å². The van der Waals surface area contributed by atoms with E-state index in [-0.39, 0.29) is 0 Å². The molecule has 0 atom stereocenters. The van der Waals surface area contributed by atoms with Crippen LogP contribution in [0, 0.1) is 0 Å². The van der Waals surface area contributed by atoms with E-state index >= 15 is 0 Å². The molecule has 0 unspecified atom stereocenters. The molecule has 14 aromatic carbocycles. The SMILES string of the molecule is c1ccc(-c2cc(-c3ccccc3)cc(-c3cc(-c4nc(-c5ccccn5)c5ccccn45)c4oc5ccccc5c4c3)c2)cc1.c1ccc(-c2nc(-c3ccc4ccccc4c3-c3cccc(-c4ccc5c6ccccc6c6ccccc6c5c4)c3)n3ccccc23)nc1.c1ccc(-c2nc(-c3cccc(-c4cccc(-c5nc(-c6ccccn6)c6ccccn56)c4)c3)n3ccccc23)nc1. The van der Waals surface area contributed by atoms with Gasteiger partial charge in [0.15, 0.2) is 0 Å². The third-order valence-corrected chi connectivity index (χ3v) is 26.0. The maximum atomic E-state index is 6.61. The first kappa shape index (κ1) is 80.4. The van der Waals surface area contributed by atoms with Crippen molar-refractivity contribution in [3.05, 3.63) is 486 Å². The van der Waals surface area contributed by atoms with E-state index in [0.29, 0.717) is 0 Å². The summed E-state index contributed by atoms with van der Waals surface area (Å²) in [6, 6.07) is 153. The monoisotopic (exact) mass is 1750 g/mol. The normalized spacial score (nSPS) is 11.5. The summed E-state index contributed by atoms with van der Waals surface area (Å²) in [5, 5.41) is 12.2. The van der Waals surface area contributed by atoms with E-state index in [9.17, 15) is 0 Å². The van der Waals surface area contributed by atoms with Crippen molar-refractivity contribution in [3.63, 3.8) is 0 Å². The Bertz CT molecular complexity index is 9040. The number of fused-ring (bicyclic) bond motifs is 14. The predicted molar refractivity (Wildman–Crippen MR) is 559 cm³/mol. The molecule has 0 spiro atoms. The fourth-order valence-electron chi connectivity index (χ4n) is 19.6. The summed E-state index contributed by atoms with van der Waals surface area (Å²) in [4.78, 5) is 39.1. The molecule has 0 saturated carbocycles. The summed E-state index contributed by atoms with van der Waals surface area (Å²) in [6.45, 7) is 0. The maximum Gasteiger partial charge on any atom is 0.149 e. The van der Waals surface area contributed by atoms with Gasteiger partial charge in [0.2, 0.25) is 0 Å². The van der Waals surface area contributed by atoms with Crippen molar-refractivity contribution in [1.82, 2.24) is 57.5 Å². The zero-order chi connectivity index (χ0) is 90.6. The van der Waals surface area contributed by atoms with Crippen molar-refractivity contribution >= 4 is 87.1 Å². The minimum atomic E-state index is 0.810. The van der Waals surface area contributed by atoms with Gasteiger partial charge in [-0.3, -0.25) is 37.5 Å². The van der Waals surface area contributed by atoms with Crippen LogP contribution in [0.1, 0.15) is 0 Å². The number of furan rings is 1. The van der Waals surface area contributed by atoms with E-state index in [1.807, 2.05) is 134 Å². The fraction of sp³-hybridized carbons (Fsp3) is 0. The van der Waals surface area contributed by atoms with Crippen molar-refractivity contribution in [2.45, 2.75) is 0 Å². The Hall–Kier alpha value is -18.7. The van der Waals surface area contributed by atoms with E-state index in [4.69, 9.17) is 24.4 Å². The molecule has 27 rings (SSSR count). The van der Waals surface area contributed by atoms with Crippen molar-refractivity contribution in [3.8, 4) is 158 Å². The summed E-state index contributed by atoms with van der Waals surface area (Å²) in [6.07, 6.45) is 15.5. The Morgan fingerprint density at radius 2 is 0.511 bits per heavy atom. The molecule has 0 aliphatic carbocycles. The molecule has 0 aliphatic rings. The lowest BCUT2D eigenvalue weighted by Crippen LogP contribution is -1.94. The average molecular weight is 1750 g/mol. The molecule has 0 fully saturated rings. The summed E-state index contributed by atoms with van der Waals surface area (Å²) in [5.74, 6) is 3.46. The summed E-state index contributed by atoms with van der Waals surface area (Å²) < 4.78 is 15.2. The number of para-hydroxylation sites is 1. The first-order valence-corrected chi connectivity index (χ1v) is 45.9. The van der Waals surface area contributed by atoms with Crippen molar-refractivity contribution in [2.24, 2.45) is 0 Å². The largest absolute Gasteiger partial charge is 0.455 e. The second-order valence-electron chi connectivity index (χ2n) is 34.2. The van der Waals surface area contributed by atoms with Gasteiger partial charge < -0.3 is 4.42 Å². The number of benzene rings is 14. The predicted octanol–water partition coefficient (Wildman–Crippen LogP) is 31.1. The first-order chi connectivity index (χ1) is 67.9. The summed E-state index contributed by atoms with van der Waals surface area (Å²) in [7, 11) is 0. The van der Waals surface area contributed by atoms with Crippen LogP contribution in [-0.2, 0) is 0 Å². The molecular weight excluding hydrogens is 1670 g/mol. The molecule has 13 heterocycles. The van der Waals surface area contributed by atoms with Crippen molar-refractivity contribution < 1.29 is 4.42 Å². The molecule has 0 saturated heterocycles. The molecule has 27 aromatic rings. The molecular formula is C124H80N12O. The van der Waals surface area contributed by atoms with E-state index in [0.717, 1.165) is 163 Å². The van der Waals surface area contributed by atoms with Gasteiger partial charge in [0, 0.05) is 82.6 Å². The van der Waals surface area contributed by atoms with E-state index in [1.54, 1.807) is 12.4 Å². The standard InChI is InChI=1S/C46H29N3.C42H27N3O.C36H24N6/c1-2-15-34-30(12-1)22-25-40(46-48-45(42-20-7-9-26-47-42)43-21-8-10-27-49(43)46)44(34)33-14-11-13-31(28-33)32-23-24-39-37-18-4-3-16-35(37)36-17-5-6-19-38(36)41(39)29-32;1-3-13-28(14-4-1)30-23-31(29-15-5-2-6-16-29)25-32(24-30)33-26-35-34-17-7-8-20-39(34)46-41(35)36(27-33)42-44-40(37-18-9-11-21-43-37)38-19-10-12-22-45(38)42;1-5-19-37-29(15-1)33-31-17-3-7-21-41(31)35(39-33)27-13-9-11-25(23-27)26-12-10-14-28(24-26)36-40-34(30-16-2-6-20-38-30)32-18-4-8-22-42(32)36/h1-29H;1-27H;1-24H. The molecule has 13 heteroatoms. The molecule has 642 valence electrons. The van der Waals surface area contributed by atoms with Gasteiger partial charge in [0.1, 0.15) is 57.2 Å². The molecule has 0 radical (unpaired) electrons. The number of imidazole rings is 4. The van der Waals surface area contributed by atoms with Gasteiger partial charge in [-0.25, -0.2) is 19.9 Å². The van der Waals surface area contributed by atoms with Gasteiger partial charge in [0.25, 0.3) is 0 Å². The zero-order valence-electron chi connectivity index (χ0n) is 74.0. The van der Waals surface area contributed by atoms with Gasteiger partial charge >= 0.3 is 0 Å². The third-order valence-electron chi connectivity index (χ3n) is 26.0.